The number of carbonyl (C=O) groups excluding carboxylic acids is 1. The number of esters is 1. The minimum atomic E-state index is -0.356. The average molecular weight is 342 g/mol. The standard InChI is InChI=1S/C20H24NO4/c1-5-21(16-9-13-18(24-4)14-10-16)19(20(22)25-6-2)15-7-11-17(23-3)12-8-15/h7-14H,5-6H2,1-4H3/q+1. The van der Waals surface area contributed by atoms with Gasteiger partial charge < -0.3 is 14.2 Å². The molecule has 132 valence electrons. The van der Waals surface area contributed by atoms with Crippen molar-refractivity contribution >= 4 is 17.4 Å². The van der Waals surface area contributed by atoms with Gasteiger partial charge >= 0.3 is 5.97 Å². The summed E-state index contributed by atoms with van der Waals surface area (Å²) >= 11 is 0. The zero-order chi connectivity index (χ0) is 18.2. The predicted molar refractivity (Wildman–Crippen MR) is 97.2 cm³/mol. The third kappa shape index (κ3) is 4.38. The first-order valence-corrected chi connectivity index (χ1v) is 8.24. The molecule has 0 aliphatic carbocycles. The largest absolute Gasteiger partial charge is 0.497 e. The topological polar surface area (TPSA) is 47.8 Å². The van der Waals surface area contributed by atoms with Crippen LogP contribution in [-0.4, -0.2) is 43.6 Å². The Balaban J connectivity index is 2.58. The van der Waals surface area contributed by atoms with E-state index in [-0.39, 0.29) is 5.97 Å². The lowest BCUT2D eigenvalue weighted by atomic mass is 10.1. The number of hydrogen-bond acceptors (Lipinski definition) is 4. The third-order valence-electron chi connectivity index (χ3n) is 3.80. The van der Waals surface area contributed by atoms with Crippen molar-refractivity contribution in [3.05, 3.63) is 54.1 Å². The summed E-state index contributed by atoms with van der Waals surface area (Å²) in [5.41, 5.74) is 2.16. The van der Waals surface area contributed by atoms with Crippen LogP contribution in [0.2, 0.25) is 0 Å². The van der Waals surface area contributed by atoms with Crippen molar-refractivity contribution in [3.8, 4) is 11.5 Å². The van der Waals surface area contributed by atoms with Gasteiger partial charge in [-0.15, -0.1) is 0 Å². The van der Waals surface area contributed by atoms with Crippen molar-refractivity contribution in [1.82, 2.24) is 0 Å². The summed E-state index contributed by atoms with van der Waals surface area (Å²) in [4.78, 5) is 12.6. The molecule has 0 fully saturated rings. The molecule has 2 rings (SSSR count). The van der Waals surface area contributed by atoms with Gasteiger partial charge in [0.2, 0.25) is 5.69 Å². The highest BCUT2D eigenvalue weighted by Crippen LogP contribution is 2.20. The van der Waals surface area contributed by atoms with Crippen LogP contribution in [0.5, 0.6) is 11.5 Å². The number of ether oxygens (including phenoxy) is 3. The molecule has 0 unspecified atom stereocenters. The van der Waals surface area contributed by atoms with E-state index in [1.54, 1.807) is 21.1 Å². The molecule has 2 aromatic carbocycles. The molecule has 5 heteroatoms. The normalized spacial score (nSPS) is 11.5. The molecule has 25 heavy (non-hydrogen) atoms. The molecule has 0 bridgehead atoms. The number of carbonyl (C=O) groups is 1. The number of methoxy groups -OCH3 is 2. The molecule has 0 saturated carbocycles. The van der Waals surface area contributed by atoms with E-state index in [2.05, 4.69) is 0 Å². The van der Waals surface area contributed by atoms with Crippen molar-refractivity contribution in [2.45, 2.75) is 13.8 Å². The maximum absolute atomic E-state index is 12.6. The summed E-state index contributed by atoms with van der Waals surface area (Å²) in [7, 11) is 3.24. The number of rotatable bonds is 7. The van der Waals surface area contributed by atoms with E-state index in [4.69, 9.17) is 14.2 Å². The first-order chi connectivity index (χ1) is 12.1. The van der Waals surface area contributed by atoms with Crippen LogP contribution in [0, 0.1) is 0 Å². The molecule has 0 spiro atoms. The number of benzene rings is 2. The summed E-state index contributed by atoms with van der Waals surface area (Å²) in [5, 5.41) is 0. The Bertz CT molecular complexity index is 733. The Morgan fingerprint density at radius 2 is 1.40 bits per heavy atom. The minimum absolute atomic E-state index is 0.318. The van der Waals surface area contributed by atoms with E-state index in [0.717, 1.165) is 22.7 Å². The highest BCUT2D eigenvalue weighted by atomic mass is 16.5. The highest BCUT2D eigenvalue weighted by molar-refractivity contribution is 6.41. The Kier molecular flexibility index (Phi) is 6.57. The van der Waals surface area contributed by atoms with Crippen LogP contribution in [0.4, 0.5) is 5.69 Å². The second-order valence-electron chi connectivity index (χ2n) is 5.24. The summed E-state index contributed by atoms with van der Waals surface area (Å²) in [6.45, 7) is 4.73. The molecule has 2 aromatic rings. The van der Waals surface area contributed by atoms with Crippen molar-refractivity contribution < 1.29 is 23.6 Å². The van der Waals surface area contributed by atoms with Crippen molar-refractivity contribution in [2.75, 3.05) is 27.4 Å². The van der Waals surface area contributed by atoms with Crippen molar-refractivity contribution in [1.29, 1.82) is 0 Å². The van der Waals surface area contributed by atoms with Crippen LogP contribution in [-0.2, 0) is 9.53 Å². The maximum Gasteiger partial charge on any atom is 0.404 e. The van der Waals surface area contributed by atoms with Crippen LogP contribution in [0.15, 0.2) is 48.5 Å². The van der Waals surface area contributed by atoms with Crippen molar-refractivity contribution in [3.63, 3.8) is 0 Å². The Hall–Kier alpha value is -2.82. The zero-order valence-electron chi connectivity index (χ0n) is 15.1. The van der Waals surface area contributed by atoms with Crippen LogP contribution >= 0.6 is 0 Å². The van der Waals surface area contributed by atoms with E-state index in [1.807, 2.05) is 60.0 Å². The first-order valence-electron chi connectivity index (χ1n) is 8.24. The fourth-order valence-electron chi connectivity index (χ4n) is 2.56. The number of nitrogens with zero attached hydrogens (tertiary/aromatic N) is 1. The van der Waals surface area contributed by atoms with Gasteiger partial charge in [-0.1, -0.05) is 0 Å². The predicted octanol–water partition coefficient (Wildman–Crippen LogP) is 3.42. The fourth-order valence-corrected chi connectivity index (χ4v) is 2.56. The summed E-state index contributed by atoms with van der Waals surface area (Å²) < 4.78 is 17.6. The highest BCUT2D eigenvalue weighted by Gasteiger charge is 2.27. The average Bonchev–Trinajstić information content (AvgIpc) is 2.66. The zero-order valence-corrected chi connectivity index (χ0v) is 15.1. The van der Waals surface area contributed by atoms with Crippen LogP contribution < -0.4 is 9.47 Å². The maximum atomic E-state index is 12.6. The minimum Gasteiger partial charge on any atom is -0.497 e. The molecular weight excluding hydrogens is 318 g/mol. The van der Waals surface area contributed by atoms with Gasteiger partial charge in [-0.05, 0) is 50.2 Å². The summed E-state index contributed by atoms with van der Waals surface area (Å²) in [6, 6.07) is 15.0. The van der Waals surface area contributed by atoms with Gasteiger partial charge in [0.05, 0.1) is 26.4 Å². The van der Waals surface area contributed by atoms with Gasteiger partial charge in [0.1, 0.15) is 18.0 Å². The van der Waals surface area contributed by atoms with Gasteiger partial charge in [-0.25, -0.2) is 4.79 Å². The molecule has 0 radical (unpaired) electrons. The molecule has 5 nitrogen and oxygen atoms in total. The lowest BCUT2D eigenvalue weighted by molar-refractivity contribution is -0.435. The smallest absolute Gasteiger partial charge is 0.404 e. The third-order valence-corrected chi connectivity index (χ3v) is 3.80. The van der Waals surface area contributed by atoms with Crippen molar-refractivity contribution in [2.24, 2.45) is 0 Å². The number of hydrogen-bond donors (Lipinski definition) is 0. The van der Waals surface area contributed by atoms with Crippen LogP contribution in [0.25, 0.3) is 0 Å². The van der Waals surface area contributed by atoms with E-state index >= 15 is 0 Å². The fraction of sp³-hybridized carbons (Fsp3) is 0.300. The second kappa shape index (κ2) is 8.87. The van der Waals surface area contributed by atoms with E-state index in [1.165, 1.54) is 0 Å². The Morgan fingerprint density at radius 3 is 1.84 bits per heavy atom. The van der Waals surface area contributed by atoms with E-state index in [0.29, 0.717) is 18.9 Å². The SMILES string of the molecule is CCOC(=O)C(c1ccc(OC)cc1)=[N+](CC)c1ccc(OC)cc1. The second-order valence-corrected chi connectivity index (χ2v) is 5.24. The lowest BCUT2D eigenvalue weighted by Crippen LogP contribution is -2.28. The first kappa shape index (κ1) is 18.5. The molecule has 0 heterocycles. The summed E-state index contributed by atoms with van der Waals surface area (Å²) in [6.07, 6.45) is 0. The van der Waals surface area contributed by atoms with Crippen LogP contribution in [0.3, 0.4) is 0 Å². The molecule has 0 aromatic heterocycles. The van der Waals surface area contributed by atoms with Gasteiger partial charge in [0.15, 0.2) is 0 Å². The van der Waals surface area contributed by atoms with Crippen LogP contribution in [0.1, 0.15) is 19.4 Å². The molecule has 0 amide bonds. The molecule has 0 atom stereocenters. The molecule has 0 N–H and O–H groups in total. The molecule has 0 aliphatic heterocycles. The van der Waals surface area contributed by atoms with Gasteiger partial charge in [0.25, 0.3) is 5.71 Å². The Labute approximate surface area is 148 Å². The molecular formula is C20H24NO4+. The Morgan fingerprint density at radius 1 is 0.880 bits per heavy atom. The summed E-state index contributed by atoms with van der Waals surface area (Å²) in [5.74, 6) is 1.15. The quantitative estimate of drug-likeness (QED) is 0.439. The monoisotopic (exact) mass is 342 g/mol. The van der Waals surface area contributed by atoms with E-state index in [9.17, 15) is 4.79 Å². The van der Waals surface area contributed by atoms with Gasteiger partial charge in [0, 0.05) is 12.1 Å². The molecule has 0 aliphatic rings. The van der Waals surface area contributed by atoms with Gasteiger partial charge in [-0.2, -0.15) is 4.58 Å². The van der Waals surface area contributed by atoms with E-state index < -0.39 is 0 Å². The molecule has 0 saturated heterocycles. The lowest BCUT2D eigenvalue weighted by Gasteiger charge is -2.09. The van der Waals surface area contributed by atoms with Gasteiger partial charge in [-0.3, -0.25) is 0 Å².